The van der Waals surface area contributed by atoms with Gasteiger partial charge in [-0.3, -0.25) is 0 Å². The molecule has 5 heteroatoms. The summed E-state index contributed by atoms with van der Waals surface area (Å²) < 4.78 is 10.4. The number of unbranched alkanes of at least 4 members (excludes halogenated alkanes) is 14. The van der Waals surface area contributed by atoms with Crippen molar-refractivity contribution in [3.8, 4) is 0 Å². The smallest absolute Gasteiger partial charge is 0.357 e. The van der Waals surface area contributed by atoms with Gasteiger partial charge >= 0.3 is 11.9 Å². The van der Waals surface area contributed by atoms with Crippen LogP contribution in [0.2, 0.25) is 0 Å². The number of nitrogens with zero attached hydrogens (tertiary/aromatic N) is 1. The first kappa shape index (κ1) is 28.1. The van der Waals surface area contributed by atoms with Crippen LogP contribution in [-0.2, 0) is 9.47 Å². The van der Waals surface area contributed by atoms with Crippen molar-refractivity contribution >= 4 is 11.9 Å². The molecule has 0 atom stereocenters. The minimum atomic E-state index is -0.531. The van der Waals surface area contributed by atoms with Gasteiger partial charge in [-0.1, -0.05) is 103 Å². The van der Waals surface area contributed by atoms with E-state index in [1.54, 1.807) is 26.0 Å². The van der Waals surface area contributed by atoms with Crippen LogP contribution < -0.4 is 0 Å². The highest BCUT2D eigenvalue weighted by atomic mass is 16.5. The summed E-state index contributed by atoms with van der Waals surface area (Å²) in [5, 5.41) is 0. The largest absolute Gasteiger partial charge is 0.461 e. The Bertz CT molecular complexity index is 630. The Hall–Kier alpha value is -1.91. The third kappa shape index (κ3) is 14.2. The predicted molar refractivity (Wildman–Crippen MR) is 130 cm³/mol. The zero-order valence-electron chi connectivity index (χ0n) is 20.7. The Kier molecular flexibility index (Phi) is 16.4. The number of hydrogen-bond acceptors (Lipinski definition) is 5. The second kappa shape index (κ2) is 18.6. The lowest BCUT2D eigenvalue weighted by molar-refractivity contribution is 0.0370. The highest BCUT2D eigenvalue weighted by Crippen LogP contribution is 2.13. The van der Waals surface area contributed by atoms with Crippen molar-refractivity contribution in [1.82, 2.24) is 4.98 Å². The van der Waals surface area contributed by atoms with Crippen molar-refractivity contribution in [2.75, 3.05) is 6.61 Å². The molecule has 0 aromatic carbocycles. The Morgan fingerprint density at radius 1 is 0.719 bits per heavy atom. The lowest BCUT2D eigenvalue weighted by Crippen LogP contribution is -2.15. The van der Waals surface area contributed by atoms with Gasteiger partial charge < -0.3 is 9.47 Å². The van der Waals surface area contributed by atoms with E-state index in [4.69, 9.17) is 9.47 Å². The van der Waals surface area contributed by atoms with E-state index in [1.165, 1.54) is 89.5 Å². The lowest BCUT2D eigenvalue weighted by atomic mass is 10.0. The summed E-state index contributed by atoms with van der Waals surface area (Å²) >= 11 is 0. The summed E-state index contributed by atoms with van der Waals surface area (Å²) in [7, 11) is 0. The molecule has 0 radical (unpaired) electrons. The highest BCUT2D eigenvalue weighted by Gasteiger charge is 2.15. The average Bonchev–Trinajstić information content (AvgIpc) is 2.78. The molecular formula is C27H45NO4. The first-order valence-electron chi connectivity index (χ1n) is 12.9. The molecule has 0 bridgehead atoms. The molecule has 0 aliphatic carbocycles. The summed E-state index contributed by atoms with van der Waals surface area (Å²) in [5.74, 6) is -1.02. The van der Waals surface area contributed by atoms with E-state index in [-0.39, 0.29) is 17.5 Å². The van der Waals surface area contributed by atoms with Gasteiger partial charge in [0.25, 0.3) is 0 Å². The molecule has 5 nitrogen and oxygen atoms in total. The molecular weight excluding hydrogens is 402 g/mol. The molecule has 0 saturated heterocycles. The van der Waals surface area contributed by atoms with Gasteiger partial charge in [-0.05, 0) is 32.4 Å². The summed E-state index contributed by atoms with van der Waals surface area (Å²) in [4.78, 5) is 28.1. The van der Waals surface area contributed by atoms with Crippen LogP contribution in [0.15, 0.2) is 18.2 Å². The first-order chi connectivity index (χ1) is 15.5. The van der Waals surface area contributed by atoms with Crippen LogP contribution in [-0.4, -0.2) is 29.6 Å². The quantitative estimate of drug-likeness (QED) is 0.161. The van der Waals surface area contributed by atoms with Gasteiger partial charge in [0.1, 0.15) is 11.4 Å². The van der Waals surface area contributed by atoms with E-state index >= 15 is 0 Å². The Labute approximate surface area is 195 Å². The molecule has 1 rings (SSSR count). The Morgan fingerprint density at radius 2 is 1.16 bits per heavy atom. The SMILES string of the molecule is CCCCCCCCCCCCCCCCCOC(=O)c1cccc(C(=O)OC(C)C)n1. The zero-order valence-corrected chi connectivity index (χ0v) is 20.7. The molecule has 1 aromatic rings. The number of carbonyl (C=O) groups excluding carboxylic acids is 2. The average molecular weight is 448 g/mol. The fraction of sp³-hybridized carbons (Fsp3) is 0.741. The number of hydrogen-bond donors (Lipinski definition) is 0. The third-order valence-electron chi connectivity index (χ3n) is 5.49. The standard InChI is InChI=1S/C27H45NO4/c1-4-5-6-7-8-9-10-11-12-13-14-15-16-17-18-22-31-26(29)24-20-19-21-25(28-24)27(30)32-23(2)3/h19-21,23H,4-18,22H2,1-3H3. The molecule has 0 spiro atoms. The van der Waals surface area contributed by atoms with Crippen LogP contribution in [0.5, 0.6) is 0 Å². The van der Waals surface area contributed by atoms with E-state index in [1.807, 2.05) is 0 Å². The van der Waals surface area contributed by atoms with Crippen molar-refractivity contribution in [1.29, 1.82) is 0 Å². The van der Waals surface area contributed by atoms with Gasteiger partial charge in [-0.15, -0.1) is 0 Å². The van der Waals surface area contributed by atoms with E-state index in [0.717, 1.165) is 12.8 Å². The topological polar surface area (TPSA) is 65.5 Å². The number of rotatable bonds is 19. The van der Waals surface area contributed by atoms with Crippen LogP contribution in [0.1, 0.15) is 138 Å². The van der Waals surface area contributed by atoms with E-state index < -0.39 is 11.9 Å². The van der Waals surface area contributed by atoms with Crippen LogP contribution in [0.4, 0.5) is 0 Å². The maximum absolute atomic E-state index is 12.2. The van der Waals surface area contributed by atoms with Gasteiger partial charge in [0.05, 0.1) is 12.7 Å². The minimum absolute atomic E-state index is 0.125. The number of aromatic nitrogens is 1. The number of esters is 2. The van der Waals surface area contributed by atoms with E-state index in [2.05, 4.69) is 11.9 Å². The van der Waals surface area contributed by atoms with Crippen LogP contribution in [0, 0.1) is 0 Å². The molecule has 182 valence electrons. The summed E-state index contributed by atoms with van der Waals surface area (Å²) in [6, 6.07) is 4.71. The molecule has 0 amide bonds. The molecule has 0 saturated carbocycles. The van der Waals surface area contributed by atoms with Crippen LogP contribution in [0.3, 0.4) is 0 Å². The van der Waals surface area contributed by atoms with Crippen molar-refractivity contribution in [2.45, 2.75) is 123 Å². The Balaban J connectivity index is 1.99. The molecule has 32 heavy (non-hydrogen) atoms. The van der Waals surface area contributed by atoms with E-state index in [0.29, 0.717) is 6.61 Å². The minimum Gasteiger partial charge on any atom is -0.461 e. The first-order valence-corrected chi connectivity index (χ1v) is 12.9. The van der Waals surface area contributed by atoms with Gasteiger partial charge in [0, 0.05) is 0 Å². The fourth-order valence-electron chi connectivity index (χ4n) is 3.65. The van der Waals surface area contributed by atoms with Crippen molar-refractivity contribution in [2.24, 2.45) is 0 Å². The Morgan fingerprint density at radius 3 is 1.62 bits per heavy atom. The maximum Gasteiger partial charge on any atom is 0.357 e. The summed E-state index contributed by atoms with van der Waals surface area (Å²) in [5.41, 5.74) is 0.268. The maximum atomic E-state index is 12.2. The number of carbonyl (C=O) groups is 2. The van der Waals surface area contributed by atoms with Gasteiger partial charge in [-0.2, -0.15) is 0 Å². The molecule has 1 aromatic heterocycles. The molecule has 1 heterocycles. The molecule has 0 aliphatic heterocycles. The van der Waals surface area contributed by atoms with E-state index in [9.17, 15) is 9.59 Å². The number of pyridine rings is 1. The highest BCUT2D eigenvalue weighted by molar-refractivity contribution is 5.91. The molecule has 0 N–H and O–H groups in total. The zero-order chi connectivity index (χ0) is 23.4. The summed E-state index contributed by atoms with van der Waals surface area (Å²) in [6.45, 7) is 6.20. The summed E-state index contributed by atoms with van der Waals surface area (Å²) in [6.07, 6.45) is 19.3. The monoisotopic (exact) mass is 447 g/mol. The van der Waals surface area contributed by atoms with Crippen molar-refractivity contribution in [3.63, 3.8) is 0 Å². The molecule has 0 unspecified atom stereocenters. The van der Waals surface area contributed by atoms with Crippen LogP contribution in [0.25, 0.3) is 0 Å². The van der Waals surface area contributed by atoms with Gasteiger partial charge in [0.2, 0.25) is 0 Å². The van der Waals surface area contributed by atoms with Gasteiger partial charge in [-0.25, -0.2) is 14.6 Å². The number of ether oxygens (including phenoxy) is 2. The third-order valence-corrected chi connectivity index (χ3v) is 5.49. The van der Waals surface area contributed by atoms with Crippen molar-refractivity contribution < 1.29 is 19.1 Å². The molecule has 0 fully saturated rings. The fourth-order valence-corrected chi connectivity index (χ4v) is 3.65. The predicted octanol–water partition coefficient (Wildman–Crippen LogP) is 7.68. The lowest BCUT2D eigenvalue weighted by Gasteiger charge is -2.08. The van der Waals surface area contributed by atoms with Crippen LogP contribution >= 0.6 is 0 Å². The van der Waals surface area contributed by atoms with Gasteiger partial charge in [0.15, 0.2) is 0 Å². The molecule has 0 aliphatic rings. The second-order valence-corrected chi connectivity index (χ2v) is 8.95. The normalized spacial score (nSPS) is 11.0. The van der Waals surface area contributed by atoms with Crippen molar-refractivity contribution in [3.05, 3.63) is 29.6 Å². The second-order valence-electron chi connectivity index (χ2n) is 8.95.